The second-order valence-corrected chi connectivity index (χ2v) is 6.11. The number of imidazole rings is 1. The van der Waals surface area contributed by atoms with Gasteiger partial charge in [-0.1, -0.05) is 6.07 Å². The minimum absolute atomic E-state index is 0. The van der Waals surface area contributed by atoms with Crippen LogP contribution in [0.3, 0.4) is 0 Å². The second kappa shape index (κ2) is 11.4. The number of nitrogens with zero attached hydrogens (tertiary/aromatic N) is 3. The number of thiophene rings is 1. The molecule has 2 aromatic rings. The zero-order chi connectivity index (χ0) is 15.6. The fourth-order valence-electron chi connectivity index (χ4n) is 2.16. The Morgan fingerprint density at radius 3 is 2.87 bits per heavy atom. The Labute approximate surface area is 159 Å². The maximum absolute atomic E-state index is 4.61. The van der Waals surface area contributed by atoms with Crippen molar-refractivity contribution in [2.24, 2.45) is 4.99 Å². The van der Waals surface area contributed by atoms with Crippen LogP contribution in [-0.2, 0) is 13.1 Å². The number of unbranched alkanes of at least 4 members (excludes halogenated alkanes) is 1. The highest BCUT2D eigenvalue weighted by Crippen LogP contribution is 2.09. The maximum atomic E-state index is 4.61. The van der Waals surface area contributed by atoms with E-state index in [1.54, 1.807) is 11.3 Å². The van der Waals surface area contributed by atoms with Crippen molar-refractivity contribution in [3.05, 3.63) is 40.6 Å². The smallest absolute Gasteiger partial charge is 0.191 e. The van der Waals surface area contributed by atoms with Gasteiger partial charge < -0.3 is 15.2 Å². The molecule has 0 aliphatic carbocycles. The van der Waals surface area contributed by atoms with Crippen LogP contribution in [0.15, 0.2) is 34.9 Å². The van der Waals surface area contributed by atoms with Crippen LogP contribution in [0.5, 0.6) is 0 Å². The molecule has 0 saturated heterocycles. The summed E-state index contributed by atoms with van der Waals surface area (Å²) in [6.45, 7) is 7.70. The summed E-state index contributed by atoms with van der Waals surface area (Å²) in [7, 11) is 0. The molecule has 0 atom stereocenters. The summed E-state index contributed by atoms with van der Waals surface area (Å²) >= 11 is 1.74. The molecule has 2 aromatic heterocycles. The first-order valence-electron chi connectivity index (χ1n) is 7.82. The van der Waals surface area contributed by atoms with E-state index in [0.29, 0.717) is 0 Å². The van der Waals surface area contributed by atoms with Crippen molar-refractivity contribution < 1.29 is 0 Å². The highest BCUT2D eigenvalue weighted by atomic mass is 127. The molecular formula is C16H26IN5S. The summed E-state index contributed by atoms with van der Waals surface area (Å²) in [6.07, 6.45) is 6.14. The van der Waals surface area contributed by atoms with Crippen LogP contribution in [0, 0.1) is 6.92 Å². The molecule has 7 heteroatoms. The molecule has 2 N–H and O–H groups in total. The quantitative estimate of drug-likeness (QED) is 0.282. The van der Waals surface area contributed by atoms with Crippen LogP contribution >= 0.6 is 35.3 Å². The second-order valence-electron chi connectivity index (χ2n) is 5.08. The van der Waals surface area contributed by atoms with Gasteiger partial charge in [0.15, 0.2) is 5.96 Å². The Morgan fingerprint density at radius 1 is 1.35 bits per heavy atom. The van der Waals surface area contributed by atoms with Crippen molar-refractivity contribution in [1.29, 1.82) is 0 Å². The van der Waals surface area contributed by atoms with Crippen molar-refractivity contribution in [2.75, 3.05) is 13.1 Å². The zero-order valence-electron chi connectivity index (χ0n) is 13.8. The third kappa shape index (κ3) is 7.34. The minimum Gasteiger partial charge on any atom is -0.357 e. The van der Waals surface area contributed by atoms with Crippen LogP contribution in [0.25, 0.3) is 0 Å². The molecule has 5 nitrogen and oxygen atoms in total. The molecule has 0 amide bonds. The number of hydrogen-bond acceptors (Lipinski definition) is 3. The van der Waals surface area contributed by atoms with Gasteiger partial charge in [-0.2, -0.15) is 0 Å². The average molecular weight is 447 g/mol. The van der Waals surface area contributed by atoms with Crippen molar-refractivity contribution in [1.82, 2.24) is 20.2 Å². The molecule has 0 spiro atoms. The first kappa shape index (κ1) is 20.0. The first-order valence-corrected chi connectivity index (χ1v) is 8.70. The zero-order valence-corrected chi connectivity index (χ0v) is 16.9. The molecule has 2 rings (SSSR count). The van der Waals surface area contributed by atoms with Gasteiger partial charge >= 0.3 is 0 Å². The predicted octanol–water partition coefficient (Wildman–Crippen LogP) is 3.41. The largest absolute Gasteiger partial charge is 0.357 e. The Morgan fingerprint density at radius 2 is 2.22 bits per heavy atom. The van der Waals surface area contributed by atoms with E-state index in [1.807, 2.05) is 19.3 Å². The van der Waals surface area contributed by atoms with Crippen LogP contribution in [0.1, 0.15) is 30.5 Å². The number of aromatic nitrogens is 2. The molecule has 0 fully saturated rings. The lowest BCUT2D eigenvalue weighted by molar-refractivity contribution is 0.588. The average Bonchev–Trinajstić information content (AvgIpc) is 3.16. The van der Waals surface area contributed by atoms with Crippen molar-refractivity contribution >= 4 is 41.3 Å². The molecule has 0 unspecified atom stereocenters. The summed E-state index contributed by atoms with van der Waals surface area (Å²) in [5.74, 6) is 1.98. The lowest BCUT2D eigenvalue weighted by Crippen LogP contribution is -2.37. The fourth-order valence-corrected chi connectivity index (χ4v) is 2.78. The molecule has 0 saturated carbocycles. The number of rotatable bonds is 8. The number of hydrogen-bond donors (Lipinski definition) is 2. The van der Waals surface area contributed by atoms with E-state index >= 15 is 0 Å². The van der Waals surface area contributed by atoms with Gasteiger partial charge in [0, 0.05) is 36.9 Å². The van der Waals surface area contributed by atoms with Gasteiger partial charge in [0.25, 0.3) is 0 Å². The highest BCUT2D eigenvalue weighted by Gasteiger charge is 1.99. The fraction of sp³-hybridized carbons (Fsp3) is 0.500. The molecule has 2 heterocycles. The van der Waals surface area contributed by atoms with Gasteiger partial charge in [-0.05, 0) is 38.1 Å². The lowest BCUT2D eigenvalue weighted by Gasteiger charge is -2.11. The van der Waals surface area contributed by atoms with E-state index in [0.717, 1.165) is 50.8 Å². The molecule has 0 bridgehead atoms. The summed E-state index contributed by atoms with van der Waals surface area (Å²) in [6, 6.07) is 4.18. The van der Waals surface area contributed by atoms with Crippen LogP contribution in [-0.4, -0.2) is 28.6 Å². The van der Waals surface area contributed by atoms with Crippen LogP contribution in [0.2, 0.25) is 0 Å². The number of halogens is 1. The molecule has 128 valence electrons. The van der Waals surface area contributed by atoms with Crippen LogP contribution < -0.4 is 10.6 Å². The summed E-state index contributed by atoms with van der Waals surface area (Å²) in [4.78, 5) is 10.1. The van der Waals surface area contributed by atoms with Crippen molar-refractivity contribution in [3.8, 4) is 0 Å². The molecule has 0 aromatic carbocycles. The Hall–Kier alpha value is -1.09. The van der Waals surface area contributed by atoms with E-state index in [4.69, 9.17) is 0 Å². The van der Waals surface area contributed by atoms with Gasteiger partial charge in [0.1, 0.15) is 5.82 Å². The van der Waals surface area contributed by atoms with Gasteiger partial charge in [-0.15, -0.1) is 35.3 Å². The Balaban J connectivity index is 0.00000264. The van der Waals surface area contributed by atoms with Gasteiger partial charge in [0.2, 0.25) is 0 Å². The summed E-state index contributed by atoms with van der Waals surface area (Å²) in [5, 5.41) is 8.77. The van der Waals surface area contributed by atoms with Crippen LogP contribution in [0.4, 0.5) is 0 Å². The minimum atomic E-state index is 0. The van der Waals surface area contributed by atoms with Gasteiger partial charge in [0.05, 0.1) is 6.54 Å². The SMILES string of the molecule is CCNC(=NCc1cccs1)NCCCCn1ccnc1C.I. The third-order valence-electron chi connectivity index (χ3n) is 3.36. The molecule has 0 aliphatic rings. The normalized spacial score (nSPS) is 11.1. The van der Waals surface area contributed by atoms with E-state index in [-0.39, 0.29) is 24.0 Å². The predicted molar refractivity (Wildman–Crippen MR) is 109 cm³/mol. The van der Waals surface area contributed by atoms with Gasteiger partial charge in [-0.25, -0.2) is 9.98 Å². The lowest BCUT2D eigenvalue weighted by atomic mass is 10.3. The first-order chi connectivity index (χ1) is 10.8. The molecule has 23 heavy (non-hydrogen) atoms. The maximum Gasteiger partial charge on any atom is 0.191 e. The molecular weight excluding hydrogens is 421 g/mol. The number of aliphatic imine (C=N–C) groups is 1. The van der Waals surface area contributed by atoms with E-state index in [9.17, 15) is 0 Å². The van der Waals surface area contributed by atoms with E-state index in [2.05, 4.69) is 49.6 Å². The summed E-state index contributed by atoms with van der Waals surface area (Å²) in [5.41, 5.74) is 0. The Bertz CT molecular complexity index is 565. The standard InChI is InChI=1S/C16H25N5S.HI/c1-3-17-16(20-13-15-7-6-12-22-15)19-8-4-5-10-21-11-9-18-14(21)2;/h6-7,9,11-12H,3-5,8,10,13H2,1-2H3,(H2,17,19,20);1H. The Kier molecular flexibility index (Phi) is 9.93. The third-order valence-corrected chi connectivity index (χ3v) is 4.22. The van der Waals surface area contributed by atoms with Crippen molar-refractivity contribution in [3.63, 3.8) is 0 Å². The molecule has 0 radical (unpaired) electrons. The van der Waals surface area contributed by atoms with Crippen molar-refractivity contribution in [2.45, 2.75) is 39.8 Å². The monoisotopic (exact) mass is 447 g/mol. The topological polar surface area (TPSA) is 54.2 Å². The number of guanidine groups is 1. The molecule has 0 aliphatic heterocycles. The number of aryl methyl sites for hydroxylation is 2. The highest BCUT2D eigenvalue weighted by molar-refractivity contribution is 14.0. The van der Waals surface area contributed by atoms with E-state index < -0.39 is 0 Å². The number of nitrogens with one attached hydrogen (secondary N) is 2. The van der Waals surface area contributed by atoms with Gasteiger partial charge in [-0.3, -0.25) is 0 Å². The van der Waals surface area contributed by atoms with E-state index in [1.165, 1.54) is 4.88 Å². The summed E-state index contributed by atoms with van der Waals surface area (Å²) < 4.78 is 2.19.